The van der Waals surface area contributed by atoms with Crippen LogP contribution in [0.2, 0.25) is 0 Å². The first-order chi connectivity index (χ1) is 7.09. The standard InChI is InChI=1S/C7H14NO5PS/c1-10-2-7-3-11-4(6(8)12-7)5(7)13-14(9)15/h4-6,14H,2-3,8H2,1H3,(H,9,15)/t4-,5+,6-,7+/m1/s1. The van der Waals surface area contributed by atoms with Crippen LogP contribution in [0, 0.1) is 0 Å². The summed E-state index contributed by atoms with van der Waals surface area (Å²) < 4.78 is 32.3. The number of nitrogens with two attached hydrogens (primary N) is 1. The number of rotatable bonds is 4. The molecule has 0 spiro atoms. The van der Waals surface area contributed by atoms with Crippen LogP contribution in [0.3, 0.4) is 0 Å². The van der Waals surface area contributed by atoms with Gasteiger partial charge >= 0.3 is 0 Å². The summed E-state index contributed by atoms with van der Waals surface area (Å²) in [5.74, 6) is 0. The molecule has 8 heteroatoms. The van der Waals surface area contributed by atoms with E-state index in [0.29, 0.717) is 13.2 Å². The average molecular weight is 255 g/mol. The van der Waals surface area contributed by atoms with Crippen molar-refractivity contribution in [3.63, 3.8) is 0 Å². The molecule has 2 bridgehead atoms. The Morgan fingerprint density at radius 1 is 1.73 bits per heavy atom. The zero-order valence-corrected chi connectivity index (χ0v) is 10.1. The van der Waals surface area contributed by atoms with Gasteiger partial charge in [-0.2, -0.15) is 0 Å². The molecule has 2 saturated heterocycles. The highest BCUT2D eigenvalue weighted by Gasteiger charge is 2.62. The number of thiol groups is 1. The Kier molecular flexibility index (Phi) is 3.42. The van der Waals surface area contributed by atoms with Crippen molar-refractivity contribution in [2.24, 2.45) is 5.73 Å². The SMILES string of the molecule is COC[C@@]12CO[C@@H]([C@H](N)O1)[C@@H]2O[PH](=O)S. The predicted octanol–water partition coefficient (Wildman–Crippen LogP) is -0.210. The third-order valence-electron chi connectivity index (χ3n) is 2.65. The first-order valence-corrected chi connectivity index (χ1v) is 7.13. The minimum Gasteiger partial charge on any atom is -0.381 e. The normalized spacial score (nSPS) is 45.9. The molecular weight excluding hydrogens is 241 g/mol. The fraction of sp³-hybridized carbons (Fsp3) is 1.00. The molecule has 2 N–H and O–H groups in total. The molecule has 5 atom stereocenters. The molecule has 2 fully saturated rings. The van der Waals surface area contributed by atoms with Crippen molar-refractivity contribution >= 4 is 19.5 Å². The molecule has 0 aromatic rings. The van der Waals surface area contributed by atoms with Crippen LogP contribution in [0.15, 0.2) is 0 Å². The summed E-state index contributed by atoms with van der Waals surface area (Å²) in [4.78, 5) is 0. The third-order valence-corrected chi connectivity index (χ3v) is 3.42. The summed E-state index contributed by atoms with van der Waals surface area (Å²) in [5.41, 5.74) is 4.97. The van der Waals surface area contributed by atoms with Crippen molar-refractivity contribution in [2.45, 2.75) is 24.0 Å². The first-order valence-electron chi connectivity index (χ1n) is 4.52. The lowest BCUT2D eigenvalue weighted by Gasteiger charge is -2.29. The molecule has 2 rings (SSSR count). The molecule has 6 nitrogen and oxygen atoms in total. The number of ether oxygens (including phenoxy) is 3. The minimum atomic E-state index is -2.35. The summed E-state index contributed by atoms with van der Waals surface area (Å²) in [5, 5.41) is 0. The first kappa shape index (κ1) is 11.9. The smallest absolute Gasteiger partial charge is 0.243 e. The average Bonchev–Trinajstić information content (AvgIpc) is 2.56. The van der Waals surface area contributed by atoms with Crippen molar-refractivity contribution in [1.82, 2.24) is 0 Å². The second kappa shape index (κ2) is 4.33. The van der Waals surface area contributed by atoms with E-state index in [1.165, 1.54) is 0 Å². The Morgan fingerprint density at radius 3 is 3.00 bits per heavy atom. The zero-order valence-electron chi connectivity index (χ0n) is 8.21. The van der Waals surface area contributed by atoms with Gasteiger partial charge in [-0.3, -0.25) is 4.57 Å². The van der Waals surface area contributed by atoms with E-state index in [9.17, 15) is 4.57 Å². The number of hydrogen-bond acceptors (Lipinski definition) is 6. The van der Waals surface area contributed by atoms with Gasteiger partial charge in [0.2, 0.25) is 7.23 Å². The Labute approximate surface area is 93.4 Å². The van der Waals surface area contributed by atoms with Gasteiger partial charge in [-0.15, -0.1) is 0 Å². The highest BCUT2D eigenvalue weighted by atomic mass is 32.7. The fourth-order valence-electron chi connectivity index (χ4n) is 2.10. The van der Waals surface area contributed by atoms with Crippen molar-refractivity contribution in [1.29, 1.82) is 0 Å². The van der Waals surface area contributed by atoms with Gasteiger partial charge in [-0.25, -0.2) is 0 Å². The van der Waals surface area contributed by atoms with E-state index in [2.05, 4.69) is 12.2 Å². The van der Waals surface area contributed by atoms with Gasteiger partial charge in [-0.05, 0) is 0 Å². The molecule has 0 amide bonds. The monoisotopic (exact) mass is 255 g/mol. The molecular formula is C7H14NO5PS. The van der Waals surface area contributed by atoms with Crippen molar-refractivity contribution in [3.8, 4) is 0 Å². The summed E-state index contributed by atoms with van der Waals surface area (Å²) >= 11 is 3.75. The van der Waals surface area contributed by atoms with Crippen LogP contribution in [0.4, 0.5) is 0 Å². The van der Waals surface area contributed by atoms with Crippen LogP contribution in [0.5, 0.6) is 0 Å². The second-order valence-corrected chi connectivity index (χ2v) is 5.52. The van der Waals surface area contributed by atoms with E-state index in [4.69, 9.17) is 24.5 Å². The van der Waals surface area contributed by atoms with Gasteiger partial charge in [0, 0.05) is 7.11 Å². The molecule has 2 heterocycles. The molecule has 1 unspecified atom stereocenters. The molecule has 0 radical (unpaired) electrons. The van der Waals surface area contributed by atoms with Crippen LogP contribution >= 0.6 is 19.5 Å². The van der Waals surface area contributed by atoms with E-state index in [-0.39, 0.29) is 6.10 Å². The Bertz CT molecular complexity index is 280. The quantitative estimate of drug-likeness (QED) is 0.534. The highest BCUT2D eigenvalue weighted by molar-refractivity contribution is 8.39. The molecule has 0 aromatic heterocycles. The minimum absolute atomic E-state index is 0.296. The molecule has 88 valence electrons. The zero-order chi connectivity index (χ0) is 11.1. The van der Waals surface area contributed by atoms with Crippen molar-refractivity contribution < 1.29 is 23.3 Å². The van der Waals surface area contributed by atoms with E-state index in [1.807, 2.05) is 0 Å². The lowest BCUT2D eigenvalue weighted by molar-refractivity contribution is -0.162. The van der Waals surface area contributed by atoms with Crippen molar-refractivity contribution in [3.05, 3.63) is 0 Å². The van der Waals surface area contributed by atoms with Crippen molar-refractivity contribution in [2.75, 3.05) is 20.3 Å². The topological polar surface area (TPSA) is 80.0 Å². The van der Waals surface area contributed by atoms with Crippen LogP contribution in [0.1, 0.15) is 0 Å². The lowest BCUT2D eigenvalue weighted by atomic mass is 10.0. The number of hydrogen-bond donors (Lipinski definition) is 2. The summed E-state index contributed by atoms with van der Waals surface area (Å²) in [6.45, 7) is 0.636. The Morgan fingerprint density at radius 2 is 2.47 bits per heavy atom. The summed E-state index contributed by atoms with van der Waals surface area (Å²) in [6.07, 6.45) is -1.41. The second-order valence-electron chi connectivity index (χ2n) is 3.66. The van der Waals surface area contributed by atoms with E-state index in [0.717, 1.165) is 0 Å². The fourth-order valence-corrected chi connectivity index (χ4v) is 3.00. The largest absolute Gasteiger partial charge is 0.381 e. The van der Waals surface area contributed by atoms with Crippen LogP contribution in [-0.2, 0) is 23.3 Å². The predicted molar refractivity (Wildman–Crippen MR) is 56.3 cm³/mol. The highest BCUT2D eigenvalue weighted by Crippen LogP contribution is 2.45. The maximum atomic E-state index is 11.0. The maximum Gasteiger partial charge on any atom is 0.243 e. The van der Waals surface area contributed by atoms with Crippen LogP contribution in [-0.4, -0.2) is 44.4 Å². The Hall–Kier alpha value is 0.380. The lowest BCUT2D eigenvalue weighted by Crippen LogP contribution is -2.46. The van der Waals surface area contributed by atoms with Gasteiger partial charge in [0.1, 0.15) is 24.0 Å². The Balaban J connectivity index is 2.16. The third kappa shape index (κ3) is 1.98. The summed E-state index contributed by atoms with van der Waals surface area (Å²) in [7, 11) is -0.796. The van der Waals surface area contributed by atoms with E-state index in [1.54, 1.807) is 7.11 Å². The van der Waals surface area contributed by atoms with Gasteiger partial charge in [-0.1, -0.05) is 12.2 Å². The van der Waals surface area contributed by atoms with E-state index < -0.39 is 25.2 Å². The van der Waals surface area contributed by atoms with Gasteiger partial charge < -0.3 is 24.5 Å². The maximum absolute atomic E-state index is 11.0. The molecule has 0 aliphatic carbocycles. The van der Waals surface area contributed by atoms with E-state index >= 15 is 0 Å². The molecule has 15 heavy (non-hydrogen) atoms. The number of methoxy groups -OCH3 is 1. The summed E-state index contributed by atoms with van der Waals surface area (Å²) in [6, 6.07) is 0. The van der Waals surface area contributed by atoms with Gasteiger partial charge in [0.25, 0.3) is 0 Å². The molecule has 2 aliphatic rings. The van der Waals surface area contributed by atoms with Crippen LogP contribution in [0.25, 0.3) is 0 Å². The number of fused-ring (bicyclic) bond motifs is 2. The molecule has 0 aromatic carbocycles. The van der Waals surface area contributed by atoms with Gasteiger partial charge in [0.15, 0.2) is 0 Å². The van der Waals surface area contributed by atoms with Crippen LogP contribution < -0.4 is 5.73 Å². The molecule has 0 saturated carbocycles. The molecule has 2 aliphatic heterocycles. The van der Waals surface area contributed by atoms with Gasteiger partial charge in [0.05, 0.1) is 13.2 Å².